The largest absolute Gasteiger partial charge is 0.354 e. The van der Waals surface area contributed by atoms with Crippen LogP contribution in [0.2, 0.25) is 0 Å². The van der Waals surface area contributed by atoms with Crippen molar-refractivity contribution < 1.29 is 4.79 Å². The fraction of sp³-hybridized carbons (Fsp3) is 0.500. The van der Waals surface area contributed by atoms with Crippen molar-refractivity contribution in [2.75, 3.05) is 20.6 Å². The molecule has 1 aromatic rings. The van der Waals surface area contributed by atoms with Crippen LogP contribution in [0.4, 0.5) is 0 Å². The average molecular weight is 212 g/mol. The van der Waals surface area contributed by atoms with Crippen LogP contribution in [0.25, 0.3) is 0 Å². The van der Waals surface area contributed by atoms with E-state index in [-0.39, 0.29) is 11.9 Å². The van der Waals surface area contributed by atoms with Gasteiger partial charge in [0.25, 0.3) is 0 Å². The van der Waals surface area contributed by atoms with Gasteiger partial charge in [0.05, 0.1) is 6.04 Å². The first kappa shape index (κ1) is 11.2. The molecule has 1 amide bonds. The highest BCUT2D eigenvalue weighted by Crippen LogP contribution is 2.19. The lowest BCUT2D eigenvalue weighted by molar-refractivity contribution is -0.119. The van der Waals surface area contributed by atoms with E-state index in [1.54, 1.807) is 18.3 Å². The Labute approximate surface area is 88.7 Å². The number of amides is 1. The molecule has 0 radical (unpaired) electrons. The zero-order valence-corrected chi connectivity index (χ0v) is 9.60. The summed E-state index contributed by atoms with van der Waals surface area (Å²) in [5.74, 6) is 0.0204. The van der Waals surface area contributed by atoms with Crippen LogP contribution in [0.5, 0.6) is 0 Å². The molecule has 0 saturated carbocycles. The smallest absolute Gasteiger partial charge is 0.216 e. The van der Waals surface area contributed by atoms with E-state index in [0.717, 1.165) is 0 Å². The highest BCUT2D eigenvalue weighted by atomic mass is 32.1. The number of rotatable bonds is 4. The molecule has 1 N–H and O–H groups in total. The number of nitrogens with one attached hydrogen (secondary N) is 1. The van der Waals surface area contributed by atoms with Gasteiger partial charge in [-0.3, -0.25) is 4.79 Å². The van der Waals surface area contributed by atoms with Crippen molar-refractivity contribution in [3.05, 3.63) is 22.4 Å². The lowest BCUT2D eigenvalue weighted by Gasteiger charge is -2.23. The van der Waals surface area contributed by atoms with E-state index in [9.17, 15) is 4.79 Å². The molecule has 1 atom stereocenters. The summed E-state index contributed by atoms with van der Waals surface area (Å²) < 4.78 is 0. The van der Waals surface area contributed by atoms with Crippen molar-refractivity contribution in [2.24, 2.45) is 0 Å². The molecule has 1 aromatic heterocycles. The van der Waals surface area contributed by atoms with E-state index in [1.165, 1.54) is 5.56 Å². The SMILES string of the molecule is CC(=O)NC[C@H](c1ccsc1)N(C)C. The van der Waals surface area contributed by atoms with Crippen LogP contribution in [0, 0.1) is 0 Å². The van der Waals surface area contributed by atoms with Gasteiger partial charge in [-0.2, -0.15) is 11.3 Å². The van der Waals surface area contributed by atoms with Gasteiger partial charge in [-0.25, -0.2) is 0 Å². The summed E-state index contributed by atoms with van der Waals surface area (Å²) in [5, 5.41) is 7.01. The van der Waals surface area contributed by atoms with E-state index in [1.807, 2.05) is 14.1 Å². The summed E-state index contributed by atoms with van der Waals surface area (Å²) in [6.45, 7) is 2.21. The predicted molar refractivity (Wildman–Crippen MR) is 59.4 cm³/mol. The number of hydrogen-bond acceptors (Lipinski definition) is 3. The Morgan fingerprint density at radius 3 is 2.79 bits per heavy atom. The van der Waals surface area contributed by atoms with Gasteiger partial charge < -0.3 is 10.2 Å². The Balaban J connectivity index is 2.61. The van der Waals surface area contributed by atoms with Gasteiger partial charge in [0.2, 0.25) is 5.91 Å². The van der Waals surface area contributed by atoms with Crippen LogP contribution < -0.4 is 5.32 Å². The molecule has 78 valence electrons. The summed E-state index contributed by atoms with van der Waals surface area (Å²) >= 11 is 1.68. The van der Waals surface area contributed by atoms with E-state index in [2.05, 4.69) is 27.0 Å². The molecule has 0 bridgehead atoms. The van der Waals surface area contributed by atoms with Crippen molar-refractivity contribution in [2.45, 2.75) is 13.0 Å². The maximum absolute atomic E-state index is 10.8. The average Bonchev–Trinajstić information content (AvgIpc) is 2.56. The van der Waals surface area contributed by atoms with Crippen LogP contribution in [0.1, 0.15) is 18.5 Å². The summed E-state index contributed by atoms with van der Waals surface area (Å²) in [5.41, 5.74) is 1.26. The third-order valence-corrected chi connectivity index (χ3v) is 2.80. The summed E-state index contributed by atoms with van der Waals surface area (Å²) in [6.07, 6.45) is 0. The second-order valence-corrected chi connectivity index (χ2v) is 4.25. The standard InChI is InChI=1S/C10H16N2OS/c1-8(13)11-6-10(12(2)3)9-4-5-14-7-9/h4-5,7,10H,6H2,1-3H3,(H,11,13)/t10-/m1/s1. The molecule has 0 aliphatic rings. The van der Waals surface area contributed by atoms with Crippen LogP contribution in [0.15, 0.2) is 16.8 Å². The monoisotopic (exact) mass is 212 g/mol. The fourth-order valence-corrected chi connectivity index (χ4v) is 2.01. The topological polar surface area (TPSA) is 32.3 Å². The lowest BCUT2D eigenvalue weighted by Crippen LogP contribution is -2.33. The van der Waals surface area contributed by atoms with E-state index in [0.29, 0.717) is 6.54 Å². The summed E-state index contributed by atoms with van der Waals surface area (Å²) in [6, 6.07) is 2.36. The van der Waals surface area contributed by atoms with Gasteiger partial charge in [0.1, 0.15) is 0 Å². The van der Waals surface area contributed by atoms with Crippen LogP contribution in [0.3, 0.4) is 0 Å². The summed E-state index contributed by atoms with van der Waals surface area (Å²) in [4.78, 5) is 12.9. The van der Waals surface area contributed by atoms with E-state index in [4.69, 9.17) is 0 Å². The number of carbonyl (C=O) groups is 1. The van der Waals surface area contributed by atoms with Gasteiger partial charge >= 0.3 is 0 Å². The maximum atomic E-state index is 10.8. The Bertz CT molecular complexity index is 282. The van der Waals surface area contributed by atoms with Gasteiger partial charge in [0, 0.05) is 13.5 Å². The van der Waals surface area contributed by atoms with Gasteiger partial charge in [-0.15, -0.1) is 0 Å². The first-order valence-electron chi connectivity index (χ1n) is 4.54. The minimum atomic E-state index is 0.0204. The molecular weight excluding hydrogens is 196 g/mol. The zero-order valence-electron chi connectivity index (χ0n) is 8.78. The third kappa shape index (κ3) is 3.12. The molecule has 14 heavy (non-hydrogen) atoms. The van der Waals surface area contributed by atoms with Crippen molar-refractivity contribution in [1.82, 2.24) is 10.2 Å². The zero-order chi connectivity index (χ0) is 10.6. The third-order valence-electron chi connectivity index (χ3n) is 2.10. The molecule has 0 spiro atoms. The minimum Gasteiger partial charge on any atom is -0.354 e. The van der Waals surface area contributed by atoms with E-state index >= 15 is 0 Å². The normalized spacial score (nSPS) is 12.9. The number of nitrogens with zero attached hydrogens (tertiary/aromatic N) is 1. The molecule has 3 nitrogen and oxygen atoms in total. The number of likely N-dealkylation sites (N-methyl/N-ethyl adjacent to an activating group) is 1. The Kier molecular flexibility index (Phi) is 4.10. The first-order chi connectivity index (χ1) is 6.61. The molecule has 0 aliphatic heterocycles. The Morgan fingerprint density at radius 1 is 1.64 bits per heavy atom. The molecule has 0 aromatic carbocycles. The number of thiophene rings is 1. The highest BCUT2D eigenvalue weighted by molar-refractivity contribution is 7.07. The Hall–Kier alpha value is -0.870. The molecule has 0 aliphatic carbocycles. The van der Waals surface area contributed by atoms with Crippen LogP contribution in [-0.2, 0) is 4.79 Å². The van der Waals surface area contributed by atoms with Crippen molar-refractivity contribution in [3.8, 4) is 0 Å². The van der Waals surface area contributed by atoms with Gasteiger partial charge in [-0.05, 0) is 36.5 Å². The lowest BCUT2D eigenvalue weighted by atomic mass is 10.1. The maximum Gasteiger partial charge on any atom is 0.216 e. The quantitative estimate of drug-likeness (QED) is 0.820. The van der Waals surface area contributed by atoms with E-state index < -0.39 is 0 Å². The minimum absolute atomic E-state index is 0.0204. The van der Waals surface area contributed by atoms with Crippen molar-refractivity contribution >= 4 is 17.2 Å². The second kappa shape index (κ2) is 5.12. The molecule has 0 saturated heterocycles. The molecule has 1 heterocycles. The fourth-order valence-electron chi connectivity index (χ4n) is 1.30. The van der Waals surface area contributed by atoms with Crippen LogP contribution >= 0.6 is 11.3 Å². The second-order valence-electron chi connectivity index (χ2n) is 3.47. The Morgan fingerprint density at radius 2 is 2.36 bits per heavy atom. The molecule has 4 heteroatoms. The molecule has 0 unspecified atom stereocenters. The van der Waals surface area contributed by atoms with Gasteiger partial charge in [-0.1, -0.05) is 0 Å². The molecule has 1 rings (SSSR count). The number of hydrogen-bond donors (Lipinski definition) is 1. The van der Waals surface area contributed by atoms with Crippen LogP contribution in [-0.4, -0.2) is 31.4 Å². The highest BCUT2D eigenvalue weighted by Gasteiger charge is 2.14. The number of carbonyl (C=O) groups excluding carboxylic acids is 1. The van der Waals surface area contributed by atoms with Crippen molar-refractivity contribution in [3.63, 3.8) is 0 Å². The summed E-state index contributed by atoms with van der Waals surface area (Å²) in [7, 11) is 4.04. The van der Waals surface area contributed by atoms with Gasteiger partial charge in [0.15, 0.2) is 0 Å². The van der Waals surface area contributed by atoms with Crippen molar-refractivity contribution in [1.29, 1.82) is 0 Å². The molecular formula is C10H16N2OS. The first-order valence-corrected chi connectivity index (χ1v) is 5.48. The predicted octanol–water partition coefficient (Wildman–Crippen LogP) is 1.49. The molecule has 0 fully saturated rings.